The van der Waals surface area contributed by atoms with Gasteiger partial charge in [-0.1, -0.05) is 60.8 Å². The molecular formula is C24H28F3N. The summed E-state index contributed by atoms with van der Waals surface area (Å²) in [6.45, 7) is 8.58. The lowest BCUT2D eigenvalue weighted by atomic mass is 9.71. The molecule has 4 heteroatoms. The smallest absolute Gasteiger partial charge is 0.381 e. The van der Waals surface area contributed by atoms with Crippen molar-refractivity contribution in [1.29, 1.82) is 0 Å². The molecule has 0 spiro atoms. The number of fused-ring (bicyclic) bond motifs is 1. The van der Waals surface area contributed by atoms with Crippen LogP contribution in [-0.4, -0.2) is 12.2 Å². The van der Waals surface area contributed by atoms with Crippen molar-refractivity contribution in [2.45, 2.75) is 50.7 Å². The fraction of sp³-hybridized carbons (Fsp3) is 0.500. The monoisotopic (exact) mass is 387 g/mol. The minimum absolute atomic E-state index is 0.0578. The first-order valence-electron chi connectivity index (χ1n) is 10.3. The summed E-state index contributed by atoms with van der Waals surface area (Å²) in [4.78, 5) is 0. The normalized spacial score (nSPS) is 35.1. The Morgan fingerprint density at radius 1 is 1.07 bits per heavy atom. The fourth-order valence-corrected chi connectivity index (χ4v) is 5.47. The second kappa shape index (κ2) is 7.46. The highest BCUT2D eigenvalue weighted by atomic mass is 19.4. The van der Waals surface area contributed by atoms with Crippen LogP contribution < -0.4 is 5.32 Å². The molecular weight excluding hydrogens is 359 g/mol. The van der Waals surface area contributed by atoms with Crippen molar-refractivity contribution in [3.05, 3.63) is 72.0 Å². The van der Waals surface area contributed by atoms with E-state index in [1.807, 2.05) is 0 Å². The van der Waals surface area contributed by atoms with Gasteiger partial charge in [-0.2, -0.15) is 13.2 Å². The maximum absolute atomic E-state index is 13.4. The van der Waals surface area contributed by atoms with Crippen molar-refractivity contribution in [3.63, 3.8) is 0 Å². The first kappa shape index (κ1) is 19.4. The van der Waals surface area contributed by atoms with E-state index < -0.39 is 11.7 Å². The van der Waals surface area contributed by atoms with E-state index in [0.717, 1.165) is 37.8 Å². The van der Waals surface area contributed by atoms with Gasteiger partial charge in [0.1, 0.15) is 0 Å². The zero-order valence-electron chi connectivity index (χ0n) is 16.1. The molecule has 0 bridgehead atoms. The van der Waals surface area contributed by atoms with E-state index in [4.69, 9.17) is 0 Å². The summed E-state index contributed by atoms with van der Waals surface area (Å²) in [6, 6.07) is 0.183. The molecule has 2 fully saturated rings. The van der Waals surface area contributed by atoms with Crippen molar-refractivity contribution in [3.8, 4) is 0 Å². The van der Waals surface area contributed by atoms with Gasteiger partial charge in [-0.3, -0.25) is 0 Å². The van der Waals surface area contributed by atoms with E-state index in [-0.39, 0.29) is 12.0 Å². The summed E-state index contributed by atoms with van der Waals surface area (Å²) in [6.07, 6.45) is 12.0. The van der Waals surface area contributed by atoms with Gasteiger partial charge >= 0.3 is 6.18 Å². The predicted octanol–water partition coefficient (Wildman–Crippen LogP) is 6.40. The molecule has 3 aliphatic carbocycles. The quantitative estimate of drug-likeness (QED) is 0.552. The number of hydrogen-bond donors (Lipinski definition) is 1. The standard InChI is InChI=1S/C24H28F3N/c1-15(23-21-9-4-3-7-19(21)16(2)28-23)17-11-13-18(14-12-17)20-8-5-6-10-22(20)24(25,26)27/h3-4,6-7,9-10,17-19,21,23,28H,1-2,5,8,11-14H2. The lowest BCUT2D eigenvalue weighted by Gasteiger charge is -2.36. The number of hydrogen-bond acceptors (Lipinski definition) is 1. The fourth-order valence-electron chi connectivity index (χ4n) is 5.47. The van der Waals surface area contributed by atoms with E-state index in [1.54, 1.807) is 6.08 Å². The second-order valence-corrected chi connectivity index (χ2v) is 8.52. The third-order valence-corrected chi connectivity index (χ3v) is 6.97. The average Bonchev–Trinajstić information content (AvgIpc) is 3.04. The molecule has 0 aromatic heterocycles. The van der Waals surface area contributed by atoms with E-state index in [1.165, 1.54) is 11.6 Å². The molecule has 0 aromatic carbocycles. The molecule has 1 nitrogen and oxygen atoms in total. The van der Waals surface area contributed by atoms with Crippen LogP contribution in [0.1, 0.15) is 38.5 Å². The van der Waals surface area contributed by atoms with Crippen molar-refractivity contribution in [2.24, 2.45) is 23.7 Å². The Bertz CT molecular complexity index is 772. The highest BCUT2D eigenvalue weighted by Crippen LogP contribution is 2.46. The number of alkyl halides is 3. The Morgan fingerprint density at radius 2 is 1.79 bits per heavy atom. The summed E-state index contributed by atoms with van der Waals surface area (Å²) in [5.41, 5.74) is 2.48. The average molecular weight is 387 g/mol. The van der Waals surface area contributed by atoms with Crippen LogP contribution in [0.15, 0.2) is 72.0 Å². The van der Waals surface area contributed by atoms with Crippen LogP contribution in [0, 0.1) is 23.7 Å². The number of halogens is 3. The van der Waals surface area contributed by atoms with Crippen LogP contribution in [0.25, 0.3) is 0 Å². The van der Waals surface area contributed by atoms with E-state index >= 15 is 0 Å². The molecule has 1 N–H and O–H groups in total. The molecule has 28 heavy (non-hydrogen) atoms. The first-order valence-corrected chi connectivity index (χ1v) is 10.3. The zero-order chi connectivity index (χ0) is 19.9. The van der Waals surface area contributed by atoms with Gasteiger partial charge < -0.3 is 5.32 Å². The van der Waals surface area contributed by atoms with Gasteiger partial charge in [-0.25, -0.2) is 0 Å². The molecule has 1 heterocycles. The number of rotatable bonds is 3. The van der Waals surface area contributed by atoms with E-state index in [9.17, 15) is 13.2 Å². The zero-order valence-corrected chi connectivity index (χ0v) is 16.1. The maximum atomic E-state index is 13.4. The SMILES string of the molecule is C=C1NC(C(=C)C2CCC(C3=C(C(F)(F)F)C=CCC3)CC2)C2C=CC=CC12. The molecule has 150 valence electrons. The molecule has 3 atom stereocenters. The lowest BCUT2D eigenvalue weighted by molar-refractivity contribution is -0.0899. The van der Waals surface area contributed by atoms with Crippen LogP contribution in [0.5, 0.6) is 0 Å². The third-order valence-electron chi connectivity index (χ3n) is 6.97. The summed E-state index contributed by atoms with van der Waals surface area (Å²) in [7, 11) is 0. The molecule has 4 rings (SSSR count). The van der Waals surface area contributed by atoms with Crippen LogP contribution in [0.3, 0.4) is 0 Å². The van der Waals surface area contributed by atoms with Crippen LogP contribution >= 0.6 is 0 Å². The molecule has 1 saturated carbocycles. The minimum atomic E-state index is -4.24. The summed E-state index contributed by atoms with van der Waals surface area (Å²) in [5.74, 6) is 1.10. The summed E-state index contributed by atoms with van der Waals surface area (Å²) in [5, 5.41) is 3.53. The highest BCUT2D eigenvalue weighted by molar-refractivity contribution is 5.36. The second-order valence-electron chi connectivity index (χ2n) is 8.52. The third kappa shape index (κ3) is 3.54. The molecule has 0 aromatic rings. The van der Waals surface area contributed by atoms with Crippen LogP contribution in [0.2, 0.25) is 0 Å². The van der Waals surface area contributed by atoms with Gasteiger partial charge in [0.15, 0.2) is 0 Å². The molecule has 3 unspecified atom stereocenters. The number of nitrogens with one attached hydrogen (secondary N) is 1. The maximum Gasteiger partial charge on any atom is 0.416 e. The Hall–Kier alpha value is -1.97. The summed E-state index contributed by atoms with van der Waals surface area (Å²) < 4.78 is 40.2. The Kier molecular flexibility index (Phi) is 5.15. The predicted molar refractivity (Wildman–Crippen MR) is 107 cm³/mol. The summed E-state index contributed by atoms with van der Waals surface area (Å²) >= 11 is 0. The molecule has 1 aliphatic heterocycles. The van der Waals surface area contributed by atoms with Crippen molar-refractivity contribution in [1.82, 2.24) is 5.32 Å². The largest absolute Gasteiger partial charge is 0.416 e. The highest BCUT2D eigenvalue weighted by Gasteiger charge is 2.41. The van der Waals surface area contributed by atoms with Gasteiger partial charge in [0.2, 0.25) is 0 Å². The van der Waals surface area contributed by atoms with Gasteiger partial charge in [0.05, 0.1) is 11.6 Å². The Labute approximate surface area is 165 Å². The lowest BCUT2D eigenvalue weighted by Crippen LogP contribution is -2.33. The number of allylic oxidation sites excluding steroid dienone is 7. The Morgan fingerprint density at radius 3 is 2.50 bits per heavy atom. The van der Waals surface area contributed by atoms with Crippen molar-refractivity contribution in [2.75, 3.05) is 0 Å². The minimum Gasteiger partial charge on any atom is -0.381 e. The topological polar surface area (TPSA) is 12.0 Å². The van der Waals surface area contributed by atoms with Crippen molar-refractivity contribution < 1.29 is 13.2 Å². The van der Waals surface area contributed by atoms with Gasteiger partial charge in [-0.15, -0.1) is 0 Å². The van der Waals surface area contributed by atoms with E-state index in [2.05, 4.69) is 42.8 Å². The van der Waals surface area contributed by atoms with Crippen LogP contribution in [-0.2, 0) is 0 Å². The van der Waals surface area contributed by atoms with E-state index in [0.29, 0.717) is 29.7 Å². The first-order chi connectivity index (χ1) is 13.4. The molecule has 0 radical (unpaired) electrons. The van der Waals surface area contributed by atoms with Gasteiger partial charge in [-0.05, 0) is 50.4 Å². The van der Waals surface area contributed by atoms with Crippen molar-refractivity contribution >= 4 is 0 Å². The van der Waals surface area contributed by atoms with Gasteiger partial charge in [0.25, 0.3) is 0 Å². The molecule has 0 amide bonds. The molecule has 1 saturated heterocycles. The van der Waals surface area contributed by atoms with Gasteiger partial charge in [0, 0.05) is 17.5 Å². The Balaban J connectivity index is 1.43. The molecule has 4 aliphatic rings. The van der Waals surface area contributed by atoms with Crippen LogP contribution in [0.4, 0.5) is 13.2 Å².